The third-order valence-electron chi connectivity index (χ3n) is 0.718. The van der Waals surface area contributed by atoms with Gasteiger partial charge in [0.05, 0.1) is 0 Å². The molecular formula is C5H4NO2. The van der Waals surface area contributed by atoms with Crippen LogP contribution in [-0.2, 0) is 4.79 Å². The number of aliphatic hydroxyl groups is 1. The van der Waals surface area contributed by atoms with Crippen LogP contribution in [0, 0.1) is 0 Å². The van der Waals surface area contributed by atoms with Gasteiger partial charge in [-0.05, 0) is 6.08 Å². The smallest absolute Gasteiger partial charge is 0.273 e. The Morgan fingerprint density at radius 2 is 2.38 bits per heavy atom. The zero-order chi connectivity index (χ0) is 5.98. The Morgan fingerprint density at radius 1 is 1.62 bits per heavy atom. The summed E-state index contributed by atoms with van der Waals surface area (Å²) in [6.45, 7) is 0. The first-order valence-corrected chi connectivity index (χ1v) is 2.11. The van der Waals surface area contributed by atoms with Crippen LogP contribution >= 0.6 is 0 Å². The molecule has 1 radical (unpaired) electrons. The topological polar surface area (TPSA) is 51.4 Å². The highest BCUT2D eigenvalue weighted by molar-refractivity contribution is 5.89. The zero-order valence-corrected chi connectivity index (χ0v) is 4.03. The fourth-order valence-electron chi connectivity index (χ4n) is 0.399. The Balaban J connectivity index is 2.77. The fourth-order valence-corrected chi connectivity index (χ4v) is 0.399. The Labute approximate surface area is 46.3 Å². The lowest BCUT2D eigenvalue weighted by Crippen LogP contribution is -2.09. The summed E-state index contributed by atoms with van der Waals surface area (Å²) < 4.78 is 0. The summed E-state index contributed by atoms with van der Waals surface area (Å²) >= 11 is 0. The molecule has 0 fully saturated rings. The van der Waals surface area contributed by atoms with Crippen molar-refractivity contribution in [3.63, 3.8) is 0 Å². The van der Waals surface area contributed by atoms with Crippen LogP contribution < -0.4 is 5.32 Å². The maximum Gasteiger partial charge on any atom is 0.273 e. The number of nitrogens with zero attached hydrogens (tertiary/aromatic N) is 1. The number of aliphatic hydroxyl groups excluding tert-OH is 1. The Morgan fingerprint density at radius 3 is 2.75 bits per heavy atom. The van der Waals surface area contributed by atoms with Crippen molar-refractivity contribution in [1.29, 1.82) is 0 Å². The molecule has 1 aliphatic heterocycles. The van der Waals surface area contributed by atoms with Crippen LogP contribution in [-0.4, -0.2) is 11.0 Å². The highest BCUT2D eigenvalue weighted by Crippen LogP contribution is 1.94. The predicted octanol–water partition coefficient (Wildman–Crippen LogP) is 0.0866. The van der Waals surface area contributed by atoms with E-state index in [1.54, 1.807) is 0 Å². The summed E-state index contributed by atoms with van der Waals surface area (Å²) in [4.78, 5) is 10.2. The third-order valence-corrected chi connectivity index (χ3v) is 0.718. The molecule has 1 heterocycles. The van der Waals surface area contributed by atoms with Gasteiger partial charge in [-0.15, -0.1) is 0 Å². The summed E-state index contributed by atoms with van der Waals surface area (Å²) in [5.41, 5.74) is 0. The molecule has 0 aromatic heterocycles. The van der Waals surface area contributed by atoms with Crippen LogP contribution in [0.1, 0.15) is 0 Å². The molecule has 0 spiro atoms. The molecule has 0 saturated heterocycles. The number of hydrogen-bond donors (Lipinski definition) is 1. The molecular weight excluding hydrogens is 106 g/mol. The van der Waals surface area contributed by atoms with Crippen molar-refractivity contribution < 1.29 is 9.90 Å². The Kier molecular flexibility index (Phi) is 1.04. The molecule has 0 aromatic rings. The van der Waals surface area contributed by atoms with Crippen LogP contribution in [0.4, 0.5) is 0 Å². The van der Waals surface area contributed by atoms with E-state index in [4.69, 9.17) is 5.11 Å². The van der Waals surface area contributed by atoms with Gasteiger partial charge in [-0.1, -0.05) is 0 Å². The second kappa shape index (κ2) is 1.69. The van der Waals surface area contributed by atoms with E-state index in [2.05, 4.69) is 5.32 Å². The summed E-state index contributed by atoms with van der Waals surface area (Å²) in [5.74, 6) is -0.449. The molecule has 0 bridgehead atoms. The van der Waals surface area contributed by atoms with E-state index < -0.39 is 5.91 Å². The van der Waals surface area contributed by atoms with E-state index in [0.717, 1.165) is 6.08 Å². The lowest BCUT2D eigenvalue weighted by atomic mass is 10.3. The molecule has 3 heteroatoms. The second-order valence-electron chi connectivity index (χ2n) is 1.35. The van der Waals surface area contributed by atoms with Crippen LogP contribution in [0.25, 0.3) is 0 Å². The molecule has 0 saturated carbocycles. The van der Waals surface area contributed by atoms with E-state index in [1.807, 2.05) is 0 Å². The minimum atomic E-state index is -0.412. The lowest BCUT2D eigenvalue weighted by Gasteiger charge is -1.95. The normalized spacial score (nSPS) is 17.5. The van der Waals surface area contributed by atoms with Crippen LogP contribution in [0.2, 0.25) is 0 Å². The van der Waals surface area contributed by atoms with Crippen LogP contribution in [0.5, 0.6) is 0 Å². The van der Waals surface area contributed by atoms with Crippen molar-refractivity contribution in [3.05, 3.63) is 24.1 Å². The number of hydrogen-bond acceptors (Lipinski definition) is 2. The average Bonchev–Trinajstić information content (AvgIpc) is 1.64. The van der Waals surface area contributed by atoms with Crippen molar-refractivity contribution in [2.45, 2.75) is 0 Å². The monoisotopic (exact) mass is 110 g/mol. The summed E-state index contributed by atoms with van der Waals surface area (Å²) in [6, 6.07) is 0. The number of carbonyl (C=O) groups is 1. The van der Waals surface area contributed by atoms with E-state index in [0.29, 0.717) is 0 Å². The van der Waals surface area contributed by atoms with Gasteiger partial charge in [-0.3, -0.25) is 4.79 Å². The average molecular weight is 110 g/mol. The van der Waals surface area contributed by atoms with Gasteiger partial charge in [0.2, 0.25) is 0 Å². The molecule has 0 aromatic carbocycles. The zero-order valence-electron chi connectivity index (χ0n) is 4.03. The Bertz CT molecular complexity index is 169. The first-order valence-electron chi connectivity index (χ1n) is 2.11. The lowest BCUT2D eigenvalue weighted by molar-refractivity contribution is -0.116. The van der Waals surface area contributed by atoms with Gasteiger partial charge < -0.3 is 5.11 Å². The molecule has 0 aliphatic carbocycles. The van der Waals surface area contributed by atoms with Gasteiger partial charge in [0.15, 0.2) is 0 Å². The van der Waals surface area contributed by atoms with Gasteiger partial charge in [-0.2, -0.15) is 0 Å². The van der Waals surface area contributed by atoms with Gasteiger partial charge in [0, 0.05) is 12.3 Å². The van der Waals surface area contributed by atoms with Crippen molar-refractivity contribution in [2.24, 2.45) is 0 Å². The molecule has 1 rings (SSSR count). The maximum absolute atomic E-state index is 10.2. The highest BCUT2D eigenvalue weighted by Gasteiger charge is 2.00. The number of allylic oxidation sites excluding steroid dienone is 1. The minimum Gasteiger partial charge on any atom is -0.508 e. The van der Waals surface area contributed by atoms with Gasteiger partial charge >= 0.3 is 0 Å². The highest BCUT2D eigenvalue weighted by atomic mass is 16.3. The summed E-state index contributed by atoms with van der Waals surface area (Å²) in [5, 5.41) is 11.9. The molecule has 1 amide bonds. The molecule has 1 N–H and O–H groups in total. The first-order chi connectivity index (χ1) is 3.79. The molecule has 0 unspecified atom stereocenters. The van der Waals surface area contributed by atoms with Crippen LogP contribution in [0.15, 0.2) is 24.1 Å². The Hall–Kier alpha value is -1.25. The van der Waals surface area contributed by atoms with Crippen molar-refractivity contribution in [3.8, 4) is 0 Å². The van der Waals surface area contributed by atoms with E-state index in [9.17, 15) is 4.79 Å². The minimum absolute atomic E-state index is 0.0370. The van der Waals surface area contributed by atoms with E-state index in [-0.39, 0.29) is 5.76 Å². The van der Waals surface area contributed by atoms with Gasteiger partial charge in [0.1, 0.15) is 5.76 Å². The van der Waals surface area contributed by atoms with Crippen molar-refractivity contribution in [2.75, 3.05) is 0 Å². The molecule has 41 valence electrons. The molecule has 0 atom stereocenters. The second-order valence-corrected chi connectivity index (χ2v) is 1.35. The van der Waals surface area contributed by atoms with E-state index in [1.165, 1.54) is 12.3 Å². The standard InChI is InChI=1S/C5H4NO2/c7-4-1-2-6-5(8)3-4/h1-3,7H. The summed E-state index contributed by atoms with van der Waals surface area (Å²) in [7, 11) is 0. The third kappa shape index (κ3) is 0.872. The van der Waals surface area contributed by atoms with E-state index >= 15 is 0 Å². The SMILES string of the molecule is O=C1C=C(O)C=C[N]1. The quantitative estimate of drug-likeness (QED) is 0.480. The molecule has 3 nitrogen and oxygen atoms in total. The predicted molar refractivity (Wildman–Crippen MR) is 27.0 cm³/mol. The number of rotatable bonds is 0. The van der Waals surface area contributed by atoms with Crippen LogP contribution in [0.3, 0.4) is 0 Å². The largest absolute Gasteiger partial charge is 0.508 e. The first kappa shape index (κ1) is 4.90. The van der Waals surface area contributed by atoms with Crippen molar-refractivity contribution >= 4 is 5.91 Å². The molecule has 1 aliphatic rings. The number of carbonyl (C=O) groups excluding carboxylic acids is 1. The van der Waals surface area contributed by atoms with Crippen molar-refractivity contribution in [1.82, 2.24) is 5.32 Å². The maximum atomic E-state index is 10.2. The van der Waals surface area contributed by atoms with Gasteiger partial charge in [0.25, 0.3) is 5.91 Å². The summed E-state index contributed by atoms with van der Waals surface area (Å²) in [6.07, 6.45) is 3.67. The van der Waals surface area contributed by atoms with Gasteiger partial charge in [-0.25, -0.2) is 5.32 Å². The fraction of sp³-hybridized carbons (Fsp3) is 0. The number of amides is 1. The molecule has 8 heavy (non-hydrogen) atoms.